The number of aliphatic hydroxyl groups is 2. The molecule has 0 saturated heterocycles. The number of esters is 3. The van der Waals surface area contributed by atoms with E-state index >= 15 is 8.78 Å². The number of aliphatic hydroxyl groups excluding tert-OH is 2. The molecule has 4 rings (SSSR count). The fourth-order valence-corrected chi connectivity index (χ4v) is 4.39. The highest BCUT2D eigenvalue weighted by atomic mass is 19.2. The van der Waals surface area contributed by atoms with Crippen molar-refractivity contribution in [3.05, 3.63) is 57.7 Å². The smallest absolute Gasteiger partial charge is 0.364 e. The summed E-state index contributed by atoms with van der Waals surface area (Å²) in [6.07, 6.45) is -4.60. The molecule has 0 amide bonds. The number of fused-ring (bicyclic) bond motifs is 5. The van der Waals surface area contributed by atoms with E-state index in [-0.39, 0.29) is 24.7 Å². The van der Waals surface area contributed by atoms with E-state index in [0.29, 0.717) is 32.9 Å². The summed E-state index contributed by atoms with van der Waals surface area (Å²) in [7, 11) is 0.692. The molecule has 3 unspecified atom stereocenters. The van der Waals surface area contributed by atoms with Gasteiger partial charge in [0.25, 0.3) is 0 Å². The summed E-state index contributed by atoms with van der Waals surface area (Å²) in [6, 6.07) is 0. The molecule has 1 aromatic carbocycles. The SMILES string of the molecule is CCOC(=O)C1=C(COCCCOCCCN)N2C=C(C(=O)OC)C1(c1c(F)c(F)c(F)c(F)c1F)OC(=O)C(O)C(O)C(=O)O2. The second-order valence-corrected chi connectivity index (χ2v) is 9.41. The summed E-state index contributed by atoms with van der Waals surface area (Å²) in [6.45, 7) is 0.464. The normalized spacial score (nSPS) is 21.5. The Bertz CT molecular complexity index is 1410. The number of hydrogen-bond donors (Lipinski definition) is 3. The maximum absolute atomic E-state index is 15.7. The van der Waals surface area contributed by atoms with Crippen LogP contribution < -0.4 is 5.73 Å². The predicted molar refractivity (Wildman–Crippen MR) is 138 cm³/mol. The number of rotatable bonds is 13. The van der Waals surface area contributed by atoms with Crippen LogP contribution in [0.25, 0.3) is 0 Å². The molecule has 254 valence electrons. The van der Waals surface area contributed by atoms with Gasteiger partial charge in [-0.05, 0) is 26.3 Å². The molecule has 0 saturated carbocycles. The average molecular weight is 669 g/mol. The van der Waals surface area contributed by atoms with E-state index in [1.54, 1.807) is 0 Å². The molecule has 1 aromatic rings. The van der Waals surface area contributed by atoms with Crippen LogP contribution in [0.15, 0.2) is 23.0 Å². The van der Waals surface area contributed by atoms with Crippen molar-refractivity contribution in [1.29, 1.82) is 0 Å². The lowest BCUT2D eigenvalue weighted by Gasteiger charge is -2.43. The third kappa shape index (κ3) is 6.82. The molecule has 0 radical (unpaired) electrons. The van der Waals surface area contributed by atoms with Gasteiger partial charge in [-0.3, -0.25) is 0 Å². The van der Waals surface area contributed by atoms with Gasteiger partial charge in [0.2, 0.25) is 11.4 Å². The number of benzene rings is 1. The Kier molecular flexibility index (Phi) is 12.2. The van der Waals surface area contributed by atoms with Gasteiger partial charge in [-0.2, -0.15) is 5.06 Å². The van der Waals surface area contributed by atoms with Gasteiger partial charge in [0.05, 0.1) is 37.8 Å². The Morgan fingerprint density at radius 1 is 0.913 bits per heavy atom. The first-order valence-electron chi connectivity index (χ1n) is 13.5. The van der Waals surface area contributed by atoms with Crippen LogP contribution in [-0.4, -0.2) is 98.1 Å². The average Bonchev–Trinajstić information content (AvgIpc) is 3.03. The molecule has 3 atom stereocenters. The van der Waals surface area contributed by atoms with Gasteiger partial charge in [-0.1, -0.05) is 0 Å². The van der Waals surface area contributed by atoms with Crippen LogP contribution in [0.3, 0.4) is 0 Å². The monoisotopic (exact) mass is 668 g/mol. The molecule has 2 bridgehead atoms. The van der Waals surface area contributed by atoms with Crippen LogP contribution in [0.4, 0.5) is 22.0 Å². The summed E-state index contributed by atoms with van der Waals surface area (Å²) < 4.78 is 100. The van der Waals surface area contributed by atoms with Crippen LogP contribution in [-0.2, 0) is 53.3 Å². The van der Waals surface area contributed by atoms with Gasteiger partial charge in [-0.15, -0.1) is 0 Å². The molecule has 3 aliphatic heterocycles. The summed E-state index contributed by atoms with van der Waals surface area (Å²) in [5.41, 5.74) is -4.09. The highest BCUT2D eigenvalue weighted by molar-refractivity contribution is 6.02. The van der Waals surface area contributed by atoms with Crippen molar-refractivity contribution in [2.75, 3.05) is 46.7 Å². The molecule has 4 N–H and O–H groups in total. The van der Waals surface area contributed by atoms with E-state index < -0.39 is 106 Å². The van der Waals surface area contributed by atoms with Crippen molar-refractivity contribution in [3.8, 4) is 0 Å². The molecule has 3 aliphatic rings. The highest BCUT2D eigenvalue weighted by Crippen LogP contribution is 2.50. The largest absolute Gasteiger partial charge is 0.465 e. The lowest BCUT2D eigenvalue weighted by molar-refractivity contribution is -0.204. The van der Waals surface area contributed by atoms with Crippen molar-refractivity contribution in [1.82, 2.24) is 5.06 Å². The van der Waals surface area contributed by atoms with Crippen molar-refractivity contribution >= 4 is 23.9 Å². The van der Waals surface area contributed by atoms with E-state index in [1.165, 1.54) is 6.92 Å². The predicted octanol–water partition coefficient (Wildman–Crippen LogP) is 0.276. The van der Waals surface area contributed by atoms with Gasteiger partial charge in [0, 0.05) is 19.8 Å². The molecule has 19 heteroatoms. The zero-order valence-corrected chi connectivity index (χ0v) is 24.3. The first-order valence-corrected chi connectivity index (χ1v) is 13.5. The van der Waals surface area contributed by atoms with E-state index in [2.05, 4.69) is 4.74 Å². The van der Waals surface area contributed by atoms with Crippen molar-refractivity contribution < 1.29 is 79.9 Å². The molecular weight excluding hydrogens is 639 g/mol. The van der Waals surface area contributed by atoms with Crippen LogP contribution in [0.1, 0.15) is 25.3 Å². The lowest BCUT2D eigenvalue weighted by Crippen LogP contribution is -2.55. The summed E-state index contributed by atoms with van der Waals surface area (Å²) in [5.74, 6) is -20.6. The molecular formula is C27H29F5N2O12. The number of ether oxygens (including phenoxy) is 5. The Morgan fingerprint density at radius 2 is 1.48 bits per heavy atom. The van der Waals surface area contributed by atoms with E-state index in [0.717, 1.165) is 0 Å². The molecule has 0 aliphatic carbocycles. The topological polar surface area (TPSA) is 193 Å². The fourth-order valence-electron chi connectivity index (χ4n) is 4.39. The molecule has 0 fully saturated rings. The number of halogens is 5. The first-order chi connectivity index (χ1) is 21.8. The first kappa shape index (κ1) is 36.3. The summed E-state index contributed by atoms with van der Waals surface area (Å²) in [5, 5.41) is 20.8. The third-order valence-electron chi connectivity index (χ3n) is 6.51. The second-order valence-electron chi connectivity index (χ2n) is 9.41. The van der Waals surface area contributed by atoms with Gasteiger partial charge in [0.1, 0.15) is 11.1 Å². The second kappa shape index (κ2) is 15.4. The zero-order chi connectivity index (χ0) is 34.3. The van der Waals surface area contributed by atoms with Gasteiger partial charge in [-0.25, -0.2) is 41.1 Å². The van der Waals surface area contributed by atoms with E-state index in [4.69, 9.17) is 29.5 Å². The van der Waals surface area contributed by atoms with Gasteiger partial charge >= 0.3 is 23.9 Å². The number of nitrogens with zero attached hydrogens (tertiary/aromatic N) is 1. The minimum atomic E-state index is -3.81. The Balaban J connectivity index is 2.42. The maximum atomic E-state index is 15.7. The van der Waals surface area contributed by atoms with Crippen molar-refractivity contribution in [2.24, 2.45) is 5.73 Å². The number of nitrogens with two attached hydrogens (primary N) is 1. The fraction of sp³-hybridized carbons (Fsp3) is 0.481. The number of hydrogen-bond acceptors (Lipinski definition) is 14. The molecule has 46 heavy (non-hydrogen) atoms. The number of hydroxylamine groups is 2. The standard InChI is InChI=1S/C27H29F5N2O12/c1-3-44-24(38)14-13(11-43-9-5-8-42-7-4-6-33)34-10-12(23(37)41-2)27(14,45-25(39)21(35)22(36)26(40)46-34)15-16(28)18(30)20(32)19(31)17(15)29/h10,21-22,35-36H,3-9,11,33H2,1-2H3. The number of carbonyl (C=O) groups is 4. The highest BCUT2D eigenvalue weighted by Gasteiger charge is 2.61. The summed E-state index contributed by atoms with van der Waals surface area (Å²) >= 11 is 0. The Labute approximate surface area is 257 Å². The van der Waals surface area contributed by atoms with Crippen LogP contribution in [0.2, 0.25) is 0 Å². The Hall–Kier alpha value is -4.17. The van der Waals surface area contributed by atoms with Crippen LogP contribution in [0.5, 0.6) is 0 Å². The zero-order valence-electron chi connectivity index (χ0n) is 24.3. The molecule has 0 spiro atoms. The van der Waals surface area contributed by atoms with E-state index in [1.807, 2.05) is 0 Å². The van der Waals surface area contributed by atoms with Crippen molar-refractivity contribution in [3.63, 3.8) is 0 Å². The minimum absolute atomic E-state index is 0.144. The number of carbonyl (C=O) groups excluding carboxylic acids is 4. The lowest BCUT2D eigenvalue weighted by atomic mass is 9.75. The van der Waals surface area contributed by atoms with Gasteiger partial charge in [0.15, 0.2) is 35.5 Å². The third-order valence-corrected chi connectivity index (χ3v) is 6.51. The van der Waals surface area contributed by atoms with Crippen LogP contribution >= 0.6 is 0 Å². The molecule has 0 aromatic heterocycles. The minimum Gasteiger partial charge on any atom is -0.465 e. The maximum Gasteiger partial charge on any atom is 0.364 e. The molecule has 3 heterocycles. The quantitative estimate of drug-likeness (QED) is 0.0648. The van der Waals surface area contributed by atoms with Gasteiger partial charge < -0.3 is 44.5 Å². The van der Waals surface area contributed by atoms with E-state index in [9.17, 15) is 42.6 Å². The van der Waals surface area contributed by atoms with Crippen LogP contribution in [0, 0.1) is 29.1 Å². The molecule has 14 nitrogen and oxygen atoms in total. The number of methoxy groups -OCH3 is 1. The van der Waals surface area contributed by atoms with Crippen molar-refractivity contribution in [2.45, 2.75) is 37.6 Å². The summed E-state index contributed by atoms with van der Waals surface area (Å²) in [4.78, 5) is 57.5. The Morgan fingerprint density at radius 3 is 2.07 bits per heavy atom.